The Hall–Kier alpha value is -1.71. The molecular weight excluding hydrogens is 518 g/mol. The minimum absolute atomic E-state index is 0. The van der Waals surface area contributed by atoms with Gasteiger partial charge in [-0.25, -0.2) is 9.38 Å². The van der Waals surface area contributed by atoms with Crippen LogP contribution >= 0.6 is 24.0 Å². The van der Waals surface area contributed by atoms with Crippen LogP contribution < -0.4 is 10.6 Å². The molecule has 2 aromatic carbocycles. The molecule has 0 aliphatic carbocycles. The predicted octanol–water partition coefficient (Wildman–Crippen LogP) is 4.87. The molecule has 1 aliphatic rings. The lowest BCUT2D eigenvalue weighted by Gasteiger charge is -2.37. The van der Waals surface area contributed by atoms with Crippen molar-refractivity contribution in [1.29, 1.82) is 0 Å². The standard InChI is InChI=1S/C25H35FN4O.HI/c1-4-27-25(28-17-20-10-11-24(26)22(16-20)18-31-3)29-23-12-14-30(15-13-23)19(2)21-8-6-5-7-9-21;/h5-11,16,19,23H,4,12-15,17-18H2,1-3H3,(H2,27,28,29);1H. The number of nitrogens with zero attached hydrogens (tertiary/aromatic N) is 2. The summed E-state index contributed by atoms with van der Waals surface area (Å²) in [5.74, 6) is 0.575. The van der Waals surface area contributed by atoms with Crippen LogP contribution in [0, 0.1) is 5.82 Å². The highest BCUT2D eigenvalue weighted by Gasteiger charge is 2.24. The number of hydrogen-bond donors (Lipinski definition) is 2. The van der Waals surface area contributed by atoms with Gasteiger partial charge in [-0.2, -0.15) is 0 Å². The summed E-state index contributed by atoms with van der Waals surface area (Å²) in [6, 6.07) is 16.6. The summed E-state index contributed by atoms with van der Waals surface area (Å²) in [5, 5.41) is 6.93. The molecule has 1 atom stereocenters. The fourth-order valence-corrected chi connectivity index (χ4v) is 4.05. The topological polar surface area (TPSA) is 48.9 Å². The van der Waals surface area contributed by atoms with Gasteiger partial charge in [-0.05, 0) is 49.9 Å². The third kappa shape index (κ3) is 7.71. The summed E-state index contributed by atoms with van der Waals surface area (Å²) in [6.45, 7) is 8.04. The van der Waals surface area contributed by atoms with Gasteiger partial charge >= 0.3 is 0 Å². The number of aliphatic imine (C=N–C) groups is 1. The van der Waals surface area contributed by atoms with Gasteiger partial charge < -0.3 is 15.4 Å². The number of likely N-dealkylation sites (tertiary alicyclic amines) is 1. The van der Waals surface area contributed by atoms with E-state index in [-0.39, 0.29) is 36.4 Å². The first-order valence-corrected chi connectivity index (χ1v) is 11.2. The van der Waals surface area contributed by atoms with Gasteiger partial charge in [0, 0.05) is 44.4 Å². The van der Waals surface area contributed by atoms with Crippen molar-refractivity contribution in [3.8, 4) is 0 Å². The van der Waals surface area contributed by atoms with Gasteiger partial charge in [0.05, 0.1) is 13.2 Å². The molecule has 5 nitrogen and oxygen atoms in total. The first kappa shape index (κ1) is 26.5. The number of nitrogens with one attached hydrogen (secondary N) is 2. The second kappa shape index (κ2) is 13.7. The van der Waals surface area contributed by atoms with Gasteiger partial charge in [-0.15, -0.1) is 24.0 Å². The van der Waals surface area contributed by atoms with Crippen molar-refractivity contribution in [3.63, 3.8) is 0 Å². The summed E-state index contributed by atoms with van der Waals surface area (Å²) in [5.41, 5.74) is 2.90. The minimum atomic E-state index is -0.240. The van der Waals surface area contributed by atoms with Crippen molar-refractivity contribution in [2.24, 2.45) is 4.99 Å². The van der Waals surface area contributed by atoms with E-state index in [9.17, 15) is 4.39 Å². The van der Waals surface area contributed by atoms with Gasteiger partial charge in [0.1, 0.15) is 5.82 Å². The van der Waals surface area contributed by atoms with Crippen LogP contribution in [0.15, 0.2) is 53.5 Å². The molecule has 1 saturated heterocycles. The molecule has 0 aromatic heterocycles. The van der Waals surface area contributed by atoms with Crippen molar-refractivity contribution < 1.29 is 9.13 Å². The average molecular weight is 554 g/mol. The summed E-state index contributed by atoms with van der Waals surface area (Å²) >= 11 is 0. The van der Waals surface area contributed by atoms with E-state index in [4.69, 9.17) is 9.73 Å². The lowest BCUT2D eigenvalue weighted by Crippen LogP contribution is -2.49. The molecule has 7 heteroatoms. The number of methoxy groups -OCH3 is 1. The second-order valence-corrected chi connectivity index (χ2v) is 8.10. The Morgan fingerprint density at radius 2 is 1.91 bits per heavy atom. The van der Waals surface area contributed by atoms with E-state index in [2.05, 4.69) is 59.7 Å². The molecule has 0 spiro atoms. The monoisotopic (exact) mass is 554 g/mol. The fraction of sp³-hybridized carbons (Fsp3) is 0.480. The molecule has 3 rings (SSSR count). The molecule has 2 N–H and O–H groups in total. The molecule has 1 unspecified atom stereocenters. The van der Waals surface area contributed by atoms with Crippen LogP contribution in [0.5, 0.6) is 0 Å². The van der Waals surface area contributed by atoms with E-state index in [1.807, 2.05) is 6.07 Å². The van der Waals surface area contributed by atoms with Crippen LogP contribution in [-0.2, 0) is 17.9 Å². The zero-order valence-corrected chi connectivity index (χ0v) is 21.6. The highest BCUT2D eigenvalue weighted by Crippen LogP contribution is 2.24. The van der Waals surface area contributed by atoms with E-state index in [0.717, 1.165) is 44.0 Å². The van der Waals surface area contributed by atoms with Crippen LogP contribution in [0.25, 0.3) is 0 Å². The van der Waals surface area contributed by atoms with Crippen molar-refractivity contribution >= 4 is 29.9 Å². The Balaban J connectivity index is 0.00000363. The smallest absolute Gasteiger partial charge is 0.191 e. The highest BCUT2D eigenvalue weighted by molar-refractivity contribution is 14.0. The van der Waals surface area contributed by atoms with Crippen molar-refractivity contribution in [2.75, 3.05) is 26.7 Å². The molecule has 0 saturated carbocycles. The van der Waals surface area contributed by atoms with Crippen molar-refractivity contribution in [3.05, 3.63) is 71.0 Å². The highest BCUT2D eigenvalue weighted by atomic mass is 127. The lowest BCUT2D eigenvalue weighted by molar-refractivity contribution is 0.158. The predicted molar refractivity (Wildman–Crippen MR) is 140 cm³/mol. The van der Waals surface area contributed by atoms with Gasteiger partial charge in [-0.3, -0.25) is 4.90 Å². The van der Waals surface area contributed by atoms with Crippen molar-refractivity contribution in [1.82, 2.24) is 15.5 Å². The maximum Gasteiger partial charge on any atom is 0.191 e. The number of rotatable bonds is 8. The van der Waals surface area contributed by atoms with E-state index in [0.29, 0.717) is 24.2 Å². The van der Waals surface area contributed by atoms with Crippen LogP contribution in [0.2, 0.25) is 0 Å². The Labute approximate surface area is 208 Å². The number of guanidine groups is 1. The summed E-state index contributed by atoms with van der Waals surface area (Å²) in [4.78, 5) is 7.28. The molecule has 32 heavy (non-hydrogen) atoms. The third-order valence-corrected chi connectivity index (χ3v) is 5.87. The molecule has 0 bridgehead atoms. The summed E-state index contributed by atoms with van der Waals surface area (Å²) in [7, 11) is 1.57. The maximum absolute atomic E-state index is 13.8. The molecular formula is C25H36FIN4O. The fourth-order valence-electron chi connectivity index (χ4n) is 4.05. The first-order chi connectivity index (χ1) is 15.1. The Bertz CT molecular complexity index is 841. The van der Waals surface area contributed by atoms with Gasteiger partial charge in [-0.1, -0.05) is 36.4 Å². The van der Waals surface area contributed by atoms with E-state index in [1.54, 1.807) is 13.2 Å². The SMILES string of the molecule is CCNC(=NCc1ccc(F)c(COC)c1)NC1CCN(C(C)c2ccccc2)CC1.I. The lowest BCUT2D eigenvalue weighted by atomic mass is 10.0. The Morgan fingerprint density at radius 3 is 2.56 bits per heavy atom. The maximum atomic E-state index is 13.8. The minimum Gasteiger partial charge on any atom is -0.380 e. The zero-order chi connectivity index (χ0) is 22.1. The molecule has 1 aliphatic heterocycles. The number of halogens is 2. The molecule has 1 fully saturated rings. The van der Waals surface area contributed by atoms with Crippen LogP contribution in [-0.4, -0.2) is 43.6 Å². The normalized spacial score (nSPS) is 16.3. The molecule has 0 radical (unpaired) electrons. The number of ether oxygens (including phenoxy) is 1. The van der Waals surface area contributed by atoms with Gasteiger partial charge in [0.15, 0.2) is 5.96 Å². The van der Waals surface area contributed by atoms with Crippen molar-refractivity contribution in [2.45, 2.75) is 51.9 Å². The zero-order valence-electron chi connectivity index (χ0n) is 19.3. The average Bonchev–Trinajstić information content (AvgIpc) is 2.80. The summed E-state index contributed by atoms with van der Waals surface area (Å²) < 4.78 is 18.9. The Kier molecular flexibility index (Phi) is 11.4. The molecule has 0 amide bonds. The van der Waals surface area contributed by atoms with E-state index in [1.165, 1.54) is 11.6 Å². The van der Waals surface area contributed by atoms with Crippen LogP contribution in [0.3, 0.4) is 0 Å². The first-order valence-electron chi connectivity index (χ1n) is 11.2. The Morgan fingerprint density at radius 1 is 1.19 bits per heavy atom. The van der Waals surface area contributed by atoms with Gasteiger partial charge in [0.2, 0.25) is 0 Å². The largest absolute Gasteiger partial charge is 0.380 e. The van der Waals surface area contributed by atoms with E-state index >= 15 is 0 Å². The van der Waals surface area contributed by atoms with Crippen LogP contribution in [0.1, 0.15) is 49.4 Å². The van der Waals surface area contributed by atoms with E-state index < -0.39 is 0 Å². The number of piperidine rings is 1. The number of benzene rings is 2. The quantitative estimate of drug-likeness (QED) is 0.278. The molecule has 2 aromatic rings. The number of hydrogen-bond acceptors (Lipinski definition) is 3. The molecule has 1 heterocycles. The van der Waals surface area contributed by atoms with Gasteiger partial charge in [0.25, 0.3) is 0 Å². The summed E-state index contributed by atoms with van der Waals surface area (Å²) in [6.07, 6.45) is 2.16. The van der Waals surface area contributed by atoms with Crippen LogP contribution in [0.4, 0.5) is 4.39 Å². The second-order valence-electron chi connectivity index (χ2n) is 8.10. The third-order valence-electron chi connectivity index (χ3n) is 5.87. The molecule has 176 valence electrons.